The molecule has 0 radical (unpaired) electrons. The van der Waals surface area contributed by atoms with Gasteiger partial charge in [-0.2, -0.15) is 0 Å². The van der Waals surface area contributed by atoms with E-state index < -0.39 is 54.6 Å². The summed E-state index contributed by atoms with van der Waals surface area (Å²) >= 11 is 0. The zero-order valence-electron chi connectivity index (χ0n) is 24.2. The molecule has 0 aromatic carbocycles. The number of carbonyl (C=O) groups is 5. The predicted molar refractivity (Wildman–Crippen MR) is 135 cm³/mol. The summed E-state index contributed by atoms with van der Waals surface area (Å²) in [6, 6.07) is 0. The summed E-state index contributed by atoms with van der Waals surface area (Å²) in [7, 11) is 0. The molecule has 4 saturated carbocycles. The van der Waals surface area contributed by atoms with E-state index in [0.29, 0.717) is 12.2 Å². The first kappa shape index (κ1) is 29.0. The molecule has 5 rings (SSSR count). The second-order valence-electron chi connectivity index (χ2n) is 12.9. The maximum Gasteiger partial charge on any atom is 0.303 e. The number of Topliss-reactive ketones (excluding diaryl/α,β-unsaturated/α-hetero) is 1. The molecule has 5 fully saturated rings. The summed E-state index contributed by atoms with van der Waals surface area (Å²) in [4.78, 5) is 60.9. The molecule has 0 amide bonds. The van der Waals surface area contributed by atoms with Crippen LogP contribution in [0.2, 0.25) is 0 Å². The molecule has 0 aromatic rings. The molecule has 11 nitrogen and oxygen atoms in total. The van der Waals surface area contributed by atoms with E-state index in [1.165, 1.54) is 27.7 Å². The molecular formula is C29H40O11. The molecule has 12 atom stereocenters. The fourth-order valence-corrected chi connectivity index (χ4v) is 9.33. The molecule has 222 valence electrons. The van der Waals surface area contributed by atoms with Crippen molar-refractivity contribution in [2.75, 3.05) is 6.61 Å². The van der Waals surface area contributed by atoms with Crippen molar-refractivity contribution in [2.24, 2.45) is 34.0 Å². The molecule has 12 unspecified atom stereocenters. The van der Waals surface area contributed by atoms with Crippen molar-refractivity contribution in [3.05, 3.63) is 0 Å². The summed E-state index contributed by atoms with van der Waals surface area (Å²) in [6.07, 6.45) is -3.19. The van der Waals surface area contributed by atoms with Crippen LogP contribution in [-0.2, 0) is 52.4 Å². The van der Waals surface area contributed by atoms with Gasteiger partial charge in [0, 0.05) is 40.0 Å². The Balaban J connectivity index is 1.47. The van der Waals surface area contributed by atoms with Crippen molar-refractivity contribution in [3.8, 4) is 0 Å². The molecule has 5 aliphatic rings. The summed E-state index contributed by atoms with van der Waals surface area (Å²) < 4.78 is 34.7. The van der Waals surface area contributed by atoms with Crippen LogP contribution < -0.4 is 0 Å². The largest absolute Gasteiger partial charge is 0.463 e. The van der Waals surface area contributed by atoms with E-state index in [1.807, 2.05) is 0 Å². The van der Waals surface area contributed by atoms with E-state index >= 15 is 0 Å². The molecular weight excluding hydrogens is 524 g/mol. The molecule has 1 heterocycles. The fourth-order valence-electron chi connectivity index (χ4n) is 9.33. The van der Waals surface area contributed by atoms with Gasteiger partial charge in [0.05, 0.1) is 6.10 Å². The van der Waals surface area contributed by atoms with Crippen LogP contribution in [0, 0.1) is 34.0 Å². The Morgan fingerprint density at radius 2 is 1.45 bits per heavy atom. The summed E-state index contributed by atoms with van der Waals surface area (Å²) in [6.45, 7) is 11.2. The first-order chi connectivity index (χ1) is 18.6. The van der Waals surface area contributed by atoms with Gasteiger partial charge in [-0.15, -0.1) is 0 Å². The van der Waals surface area contributed by atoms with Crippen LogP contribution in [0.25, 0.3) is 0 Å². The lowest BCUT2D eigenvalue weighted by atomic mass is 9.32. The van der Waals surface area contributed by atoms with Crippen molar-refractivity contribution in [1.29, 1.82) is 0 Å². The second kappa shape index (κ2) is 9.79. The Kier molecular flexibility index (Phi) is 7.09. The van der Waals surface area contributed by atoms with E-state index in [2.05, 4.69) is 20.8 Å². The fraction of sp³-hybridized carbons (Fsp3) is 0.828. The highest BCUT2D eigenvalue weighted by atomic mass is 16.7. The third kappa shape index (κ3) is 4.09. The van der Waals surface area contributed by atoms with Crippen LogP contribution in [-0.4, -0.2) is 73.1 Å². The molecule has 11 heteroatoms. The summed E-state index contributed by atoms with van der Waals surface area (Å²) in [5.41, 5.74) is -0.254. The number of rotatable bonds is 7. The van der Waals surface area contributed by atoms with Crippen LogP contribution in [0.1, 0.15) is 74.1 Å². The highest BCUT2D eigenvalue weighted by Gasteiger charge is 2.83. The Morgan fingerprint density at radius 3 is 2.05 bits per heavy atom. The van der Waals surface area contributed by atoms with Crippen LogP contribution in [0.15, 0.2) is 0 Å². The maximum atomic E-state index is 12.9. The molecule has 40 heavy (non-hydrogen) atoms. The van der Waals surface area contributed by atoms with Gasteiger partial charge in [-0.05, 0) is 47.3 Å². The first-order valence-electron chi connectivity index (χ1n) is 14.1. The number of ketones is 1. The summed E-state index contributed by atoms with van der Waals surface area (Å²) in [5, 5.41) is 0. The Morgan fingerprint density at radius 1 is 0.850 bits per heavy atom. The van der Waals surface area contributed by atoms with Gasteiger partial charge in [-0.25, -0.2) is 0 Å². The Labute approximate surface area is 233 Å². The van der Waals surface area contributed by atoms with E-state index in [4.69, 9.17) is 28.4 Å². The number of esters is 4. The van der Waals surface area contributed by atoms with Gasteiger partial charge in [-0.1, -0.05) is 20.8 Å². The molecule has 1 aliphatic heterocycles. The topological polar surface area (TPSA) is 141 Å². The van der Waals surface area contributed by atoms with Crippen LogP contribution in [0.3, 0.4) is 0 Å². The molecule has 1 saturated heterocycles. The van der Waals surface area contributed by atoms with Crippen molar-refractivity contribution in [1.82, 2.24) is 0 Å². The van der Waals surface area contributed by atoms with Crippen LogP contribution in [0.5, 0.6) is 0 Å². The van der Waals surface area contributed by atoms with Crippen molar-refractivity contribution in [3.63, 3.8) is 0 Å². The lowest BCUT2D eigenvalue weighted by Crippen LogP contribution is -2.70. The van der Waals surface area contributed by atoms with Gasteiger partial charge < -0.3 is 28.4 Å². The summed E-state index contributed by atoms with van der Waals surface area (Å²) in [5.74, 6) is -1.81. The predicted octanol–water partition coefficient (Wildman–Crippen LogP) is 2.51. The maximum absolute atomic E-state index is 12.9. The first-order valence-corrected chi connectivity index (χ1v) is 14.1. The van der Waals surface area contributed by atoms with Gasteiger partial charge in [0.2, 0.25) is 0 Å². The molecule has 1 spiro atoms. The van der Waals surface area contributed by atoms with Gasteiger partial charge >= 0.3 is 23.9 Å². The normalized spacial score (nSPS) is 46.6. The average molecular weight is 565 g/mol. The zero-order valence-corrected chi connectivity index (χ0v) is 24.2. The van der Waals surface area contributed by atoms with E-state index in [-0.39, 0.29) is 46.7 Å². The standard InChI is InChI=1S/C29H40O11/c1-13-8-20(34)18-9-27(6)19-10-29(13,28(18,27)7)11-21(19)39-26-25(38-17(5)33)24(37-16(4)32)23(36-15(3)31)22(40-26)12-35-14(2)30/h13,18-19,21-26H,8-12H2,1-7H3. The van der Waals surface area contributed by atoms with Crippen molar-refractivity contribution in [2.45, 2.75) is 111 Å². The highest BCUT2D eigenvalue weighted by Crippen LogP contribution is 2.86. The third-order valence-electron chi connectivity index (χ3n) is 11.1. The Hall–Kier alpha value is -2.53. The molecule has 0 aromatic heterocycles. The molecule has 2 bridgehead atoms. The van der Waals surface area contributed by atoms with E-state index in [0.717, 1.165) is 19.3 Å². The van der Waals surface area contributed by atoms with Gasteiger partial charge in [-0.3, -0.25) is 24.0 Å². The van der Waals surface area contributed by atoms with E-state index in [9.17, 15) is 24.0 Å². The lowest BCUT2D eigenvalue weighted by molar-refractivity contribution is -0.332. The number of hydrogen-bond acceptors (Lipinski definition) is 11. The highest BCUT2D eigenvalue weighted by molar-refractivity contribution is 5.85. The Bertz CT molecular complexity index is 1120. The van der Waals surface area contributed by atoms with Crippen LogP contribution >= 0.6 is 0 Å². The van der Waals surface area contributed by atoms with Gasteiger partial charge in [0.25, 0.3) is 0 Å². The minimum atomic E-state index is -1.26. The third-order valence-corrected chi connectivity index (χ3v) is 11.1. The number of hydrogen-bond donors (Lipinski definition) is 0. The second-order valence-corrected chi connectivity index (χ2v) is 12.9. The smallest absolute Gasteiger partial charge is 0.303 e. The van der Waals surface area contributed by atoms with Gasteiger partial charge in [0.15, 0.2) is 24.6 Å². The number of fused-ring (bicyclic) bond motifs is 2. The van der Waals surface area contributed by atoms with Gasteiger partial charge in [0.1, 0.15) is 18.5 Å². The SMILES string of the molecule is CC(=O)OCC1OC(OC2CC34CC2C2(C)CC(C(=O)CC3C)C24C)C(OC(C)=O)C(OC(C)=O)C1OC(C)=O. The number of ether oxygens (including phenoxy) is 6. The monoisotopic (exact) mass is 564 g/mol. The average Bonchev–Trinajstić information content (AvgIpc) is 3.29. The van der Waals surface area contributed by atoms with Crippen molar-refractivity contribution < 1.29 is 52.4 Å². The van der Waals surface area contributed by atoms with Crippen LogP contribution in [0.4, 0.5) is 0 Å². The molecule has 4 aliphatic carbocycles. The molecule has 0 N–H and O–H groups in total. The number of carbonyl (C=O) groups excluding carboxylic acids is 5. The van der Waals surface area contributed by atoms with Crippen molar-refractivity contribution >= 4 is 29.7 Å². The zero-order chi connectivity index (χ0) is 29.4. The van der Waals surface area contributed by atoms with E-state index in [1.54, 1.807) is 0 Å². The quantitative estimate of drug-likeness (QED) is 0.256. The lowest BCUT2D eigenvalue weighted by Gasteiger charge is -2.71. The minimum absolute atomic E-state index is 0.0633. The minimum Gasteiger partial charge on any atom is -0.463 e.